The van der Waals surface area contributed by atoms with Gasteiger partial charge in [-0.2, -0.15) is 4.31 Å². The summed E-state index contributed by atoms with van der Waals surface area (Å²) in [5, 5.41) is 3.11. The van der Waals surface area contributed by atoms with Gasteiger partial charge in [-0.25, -0.2) is 8.42 Å². The molecule has 2 aromatic rings. The van der Waals surface area contributed by atoms with Crippen LogP contribution in [0, 0.1) is 0 Å². The zero-order valence-corrected chi connectivity index (χ0v) is 13.4. The molecule has 1 saturated heterocycles. The molecule has 1 aliphatic rings. The molecule has 0 bridgehead atoms. The average Bonchev–Trinajstić information content (AvgIpc) is 2.55. The Kier molecular flexibility index (Phi) is 4.09. The second-order valence-corrected chi connectivity index (χ2v) is 7.54. The highest BCUT2D eigenvalue weighted by Crippen LogP contribution is 2.22. The second-order valence-electron chi connectivity index (χ2n) is 5.61. The Balaban J connectivity index is 2.02. The monoisotopic (exact) mass is 338 g/mol. The van der Waals surface area contributed by atoms with Gasteiger partial charge in [-0.15, -0.1) is 0 Å². The topological polar surface area (TPSA) is 115 Å². The zero-order valence-electron chi connectivity index (χ0n) is 12.6. The Morgan fingerprint density at radius 2 is 1.87 bits per heavy atom. The maximum absolute atomic E-state index is 12.8. The minimum Gasteiger partial charge on any atom is -0.316 e. The molecule has 1 aromatic heterocycles. The van der Waals surface area contributed by atoms with Gasteiger partial charge >= 0.3 is 11.1 Å². The number of fused-ring (bicyclic) bond motifs is 1. The van der Waals surface area contributed by atoms with Gasteiger partial charge < -0.3 is 15.3 Å². The molecular formula is C14H18N4O4S. The Morgan fingerprint density at radius 1 is 1.17 bits per heavy atom. The van der Waals surface area contributed by atoms with E-state index in [4.69, 9.17) is 0 Å². The molecule has 1 aliphatic heterocycles. The lowest BCUT2D eigenvalue weighted by Gasteiger charge is -2.31. The zero-order chi connectivity index (χ0) is 16.6. The Morgan fingerprint density at radius 3 is 2.57 bits per heavy atom. The highest BCUT2D eigenvalue weighted by atomic mass is 32.2. The second kappa shape index (κ2) is 5.91. The molecule has 8 nitrogen and oxygen atoms in total. The van der Waals surface area contributed by atoms with Crippen LogP contribution >= 0.6 is 0 Å². The molecule has 0 radical (unpaired) electrons. The lowest BCUT2D eigenvalue weighted by atomic mass is 10.1. The summed E-state index contributed by atoms with van der Waals surface area (Å²) in [4.78, 5) is 27.6. The van der Waals surface area contributed by atoms with E-state index in [0.717, 1.165) is 12.8 Å². The molecule has 1 unspecified atom stereocenters. The van der Waals surface area contributed by atoms with E-state index in [2.05, 4.69) is 15.3 Å². The molecule has 3 N–H and O–H groups in total. The first kappa shape index (κ1) is 15.9. The SMILES string of the molecule is CNC1CCCN(S(=O)(=O)c2ccc3[nH]c(=O)c(=O)[nH]c3c2)C1. The van der Waals surface area contributed by atoms with E-state index < -0.39 is 21.1 Å². The van der Waals surface area contributed by atoms with Gasteiger partial charge in [0, 0.05) is 19.1 Å². The minimum absolute atomic E-state index is 0.101. The first-order valence-electron chi connectivity index (χ1n) is 7.35. The first-order chi connectivity index (χ1) is 10.9. The standard InChI is InChI=1S/C14H18N4O4S/c1-15-9-3-2-6-18(8-9)23(21,22)10-4-5-11-12(7-10)17-14(20)13(19)16-11/h4-5,7,9,15H,2-3,6,8H2,1H3,(H,16,19)(H,17,20). The van der Waals surface area contributed by atoms with E-state index in [1.807, 2.05) is 7.05 Å². The van der Waals surface area contributed by atoms with Crippen molar-refractivity contribution in [3.63, 3.8) is 0 Å². The van der Waals surface area contributed by atoms with Crippen molar-refractivity contribution in [2.75, 3.05) is 20.1 Å². The van der Waals surface area contributed by atoms with Crippen molar-refractivity contribution >= 4 is 21.1 Å². The number of H-pyrrole nitrogens is 2. The van der Waals surface area contributed by atoms with Crippen LogP contribution in [0.2, 0.25) is 0 Å². The van der Waals surface area contributed by atoms with Crippen molar-refractivity contribution in [1.29, 1.82) is 0 Å². The minimum atomic E-state index is -3.64. The fourth-order valence-electron chi connectivity index (χ4n) is 2.80. The number of benzene rings is 1. The highest BCUT2D eigenvalue weighted by Gasteiger charge is 2.29. The number of piperidine rings is 1. The predicted molar refractivity (Wildman–Crippen MR) is 86.0 cm³/mol. The molecule has 0 spiro atoms. The van der Waals surface area contributed by atoms with Crippen molar-refractivity contribution in [1.82, 2.24) is 19.6 Å². The van der Waals surface area contributed by atoms with Crippen LogP contribution in [0.5, 0.6) is 0 Å². The molecular weight excluding hydrogens is 320 g/mol. The fourth-order valence-corrected chi connectivity index (χ4v) is 4.35. The van der Waals surface area contributed by atoms with Gasteiger partial charge in [-0.05, 0) is 38.1 Å². The molecule has 9 heteroatoms. The van der Waals surface area contributed by atoms with E-state index >= 15 is 0 Å². The third kappa shape index (κ3) is 2.94. The Labute approximate surface area is 132 Å². The van der Waals surface area contributed by atoms with Crippen molar-refractivity contribution in [3.8, 4) is 0 Å². The lowest BCUT2D eigenvalue weighted by Crippen LogP contribution is -2.46. The van der Waals surface area contributed by atoms with Crippen LogP contribution in [0.3, 0.4) is 0 Å². The van der Waals surface area contributed by atoms with Gasteiger partial charge in [0.2, 0.25) is 10.0 Å². The molecule has 0 saturated carbocycles. The summed E-state index contributed by atoms with van der Waals surface area (Å²) in [6.07, 6.45) is 1.73. The number of hydrogen-bond acceptors (Lipinski definition) is 5. The third-order valence-corrected chi connectivity index (χ3v) is 5.98. The van der Waals surface area contributed by atoms with E-state index in [9.17, 15) is 18.0 Å². The first-order valence-corrected chi connectivity index (χ1v) is 8.79. The molecule has 23 heavy (non-hydrogen) atoms. The molecule has 2 heterocycles. The molecule has 1 fully saturated rings. The number of rotatable bonds is 3. The fraction of sp³-hybridized carbons (Fsp3) is 0.429. The van der Waals surface area contributed by atoms with Crippen LogP contribution in [-0.4, -0.2) is 48.9 Å². The molecule has 124 valence electrons. The van der Waals surface area contributed by atoms with Crippen LogP contribution in [0.25, 0.3) is 11.0 Å². The largest absolute Gasteiger partial charge is 0.316 e. The number of likely N-dealkylation sites (N-methyl/N-ethyl adjacent to an activating group) is 1. The van der Waals surface area contributed by atoms with Crippen molar-refractivity contribution in [3.05, 3.63) is 38.9 Å². The highest BCUT2D eigenvalue weighted by molar-refractivity contribution is 7.89. The van der Waals surface area contributed by atoms with Crippen LogP contribution < -0.4 is 16.4 Å². The maximum atomic E-state index is 12.8. The summed E-state index contributed by atoms with van der Waals surface area (Å²) in [5.41, 5.74) is -0.889. The number of aromatic nitrogens is 2. The van der Waals surface area contributed by atoms with E-state index in [1.165, 1.54) is 22.5 Å². The summed E-state index contributed by atoms with van der Waals surface area (Å²) >= 11 is 0. The summed E-state index contributed by atoms with van der Waals surface area (Å²) < 4.78 is 27.0. The van der Waals surface area contributed by atoms with Crippen molar-refractivity contribution in [2.24, 2.45) is 0 Å². The third-order valence-electron chi connectivity index (χ3n) is 4.12. The van der Waals surface area contributed by atoms with Crippen LogP contribution in [0.4, 0.5) is 0 Å². The van der Waals surface area contributed by atoms with Crippen LogP contribution in [0.1, 0.15) is 12.8 Å². The quantitative estimate of drug-likeness (QED) is 0.658. The summed E-state index contributed by atoms with van der Waals surface area (Å²) in [5.74, 6) is 0. The van der Waals surface area contributed by atoms with Gasteiger partial charge in [0.05, 0.1) is 15.9 Å². The number of aromatic amines is 2. The normalized spacial score (nSPS) is 20.0. The van der Waals surface area contributed by atoms with Crippen LogP contribution in [-0.2, 0) is 10.0 Å². The Bertz CT molecular complexity index is 947. The number of nitrogens with zero attached hydrogens (tertiary/aromatic N) is 1. The summed E-state index contributed by atoms with van der Waals surface area (Å²) in [7, 11) is -1.82. The maximum Gasteiger partial charge on any atom is 0.314 e. The molecule has 1 aromatic carbocycles. The summed E-state index contributed by atoms with van der Waals surface area (Å²) in [6, 6.07) is 4.44. The van der Waals surface area contributed by atoms with Gasteiger partial charge in [-0.3, -0.25) is 9.59 Å². The molecule has 1 atom stereocenters. The average molecular weight is 338 g/mol. The van der Waals surface area contributed by atoms with Crippen molar-refractivity contribution < 1.29 is 8.42 Å². The van der Waals surface area contributed by atoms with E-state index in [1.54, 1.807) is 0 Å². The summed E-state index contributed by atoms with van der Waals surface area (Å²) in [6.45, 7) is 0.889. The van der Waals surface area contributed by atoms with Gasteiger partial charge in [0.1, 0.15) is 0 Å². The smallest absolute Gasteiger partial charge is 0.314 e. The molecule has 0 aliphatic carbocycles. The molecule has 3 rings (SSSR count). The van der Waals surface area contributed by atoms with Gasteiger partial charge in [0.25, 0.3) is 0 Å². The number of sulfonamides is 1. The van der Waals surface area contributed by atoms with E-state index in [0.29, 0.717) is 18.6 Å². The lowest BCUT2D eigenvalue weighted by molar-refractivity contribution is 0.293. The van der Waals surface area contributed by atoms with Crippen molar-refractivity contribution in [2.45, 2.75) is 23.8 Å². The number of nitrogens with one attached hydrogen (secondary N) is 3. The predicted octanol–water partition coefficient (Wildman–Crippen LogP) is -0.411. The van der Waals surface area contributed by atoms with E-state index in [-0.39, 0.29) is 16.5 Å². The van der Waals surface area contributed by atoms with Gasteiger partial charge in [0.15, 0.2) is 0 Å². The Hall–Kier alpha value is -1.97. The van der Waals surface area contributed by atoms with Gasteiger partial charge in [-0.1, -0.05) is 0 Å². The molecule has 0 amide bonds. The van der Waals surface area contributed by atoms with Crippen LogP contribution in [0.15, 0.2) is 32.7 Å². The number of hydrogen-bond donors (Lipinski definition) is 3.